The molecule has 0 saturated carbocycles. The van der Waals surface area contributed by atoms with Gasteiger partial charge in [0.25, 0.3) is 0 Å². The predicted molar refractivity (Wildman–Crippen MR) is 82.7 cm³/mol. The summed E-state index contributed by atoms with van der Waals surface area (Å²) in [7, 11) is 0. The number of nitrogen functional groups attached to an aromatic ring is 1. The van der Waals surface area contributed by atoms with Crippen LogP contribution in [0, 0.1) is 13.8 Å². The number of hydrogen-bond donors (Lipinski definition) is 2. The molecule has 0 saturated heterocycles. The van der Waals surface area contributed by atoms with E-state index in [4.69, 9.17) is 5.73 Å². The third kappa shape index (κ3) is 3.57. The number of nitrogens with one attached hydrogen (secondary N) is 1. The van der Waals surface area contributed by atoms with Crippen molar-refractivity contribution in [2.24, 2.45) is 0 Å². The Morgan fingerprint density at radius 3 is 2.80 bits per heavy atom. The van der Waals surface area contributed by atoms with Crippen LogP contribution in [0.15, 0.2) is 24.3 Å². The molecule has 0 aliphatic rings. The van der Waals surface area contributed by atoms with Gasteiger partial charge in [0, 0.05) is 10.6 Å². The monoisotopic (exact) mass is 289 g/mol. The highest BCUT2D eigenvalue weighted by molar-refractivity contribution is 7.11. The van der Waals surface area contributed by atoms with Crippen molar-refractivity contribution in [2.45, 2.75) is 33.2 Å². The van der Waals surface area contributed by atoms with Crippen LogP contribution in [0.25, 0.3) is 0 Å². The second kappa shape index (κ2) is 6.05. The average molecular weight is 289 g/mol. The molecule has 0 radical (unpaired) electrons. The van der Waals surface area contributed by atoms with Crippen LogP contribution in [-0.4, -0.2) is 10.9 Å². The van der Waals surface area contributed by atoms with Gasteiger partial charge < -0.3 is 11.1 Å². The van der Waals surface area contributed by atoms with E-state index in [1.165, 1.54) is 0 Å². The van der Waals surface area contributed by atoms with Crippen molar-refractivity contribution in [3.63, 3.8) is 0 Å². The molecule has 1 unspecified atom stereocenters. The van der Waals surface area contributed by atoms with Crippen molar-refractivity contribution in [3.8, 4) is 0 Å². The number of amides is 1. The van der Waals surface area contributed by atoms with Crippen LogP contribution in [0.3, 0.4) is 0 Å². The summed E-state index contributed by atoms with van der Waals surface area (Å²) < 4.78 is 0. The fraction of sp³-hybridized carbons (Fsp3) is 0.333. The van der Waals surface area contributed by atoms with Crippen LogP contribution in [-0.2, 0) is 11.2 Å². The highest BCUT2D eigenvalue weighted by atomic mass is 32.1. The van der Waals surface area contributed by atoms with Crippen LogP contribution < -0.4 is 11.1 Å². The summed E-state index contributed by atoms with van der Waals surface area (Å²) in [4.78, 5) is 17.6. The topological polar surface area (TPSA) is 68.0 Å². The van der Waals surface area contributed by atoms with Crippen LogP contribution in [0.1, 0.15) is 34.1 Å². The Bertz CT molecular complexity index is 621. The number of hydrogen-bond acceptors (Lipinski definition) is 4. The number of rotatable bonds is 4. The second-order valence-corrected chi connectivity index (χ2v) is 6.13. The van der Waals surface area contributed by atoms with E-state index < -0.39 is 0 Å². The molecule has 5 heteroatoms. The Hall–Kier alpha value is -1.88. The first-order valence-electron chi connectivity index (χ1n) is 6.53. The van der Waals surface area contributed by atoms with Gasteiger partial charge in [-0.1, -0.05) is 12.1 Å². The number of thiazole rings is 1. The van der Waals surface area contributed by atoms with E-state index in [0.29, 0.717) is 12.1 Å². The van der Waals surface area contributed by atoms with Crippen LogP contribution in [0.2, 0.25) is 0 Å². The van der Waals surface area contributed by atoms with Crippen LogP contribution >= 0.6 is 11.3 Å². The second-order valence-electron chi connectivity index (χ2n) is 4.89. The summed E-state index contributed by atoms with van der Waals surface area (Å²) in [6.45, 7) is 5.93. The fourth-order valence-electron chi connectivity index (χ4n) is 2.20. The third-order valence-corrected chi connectivity index (χ3v) is 4.28. The lowest BCUT2D eigenvalue weighted by atomic mass is 10.1. The number of nitrogens with zero attached hydrogens (tertiary/aromatic N) is 1. The molecule has 0 aliphatic heterocycles. The van der Waals surface area contributed by atoms with Crippen molar-refractivity contribution in [2.75, 3.05) is 5.73 Å². The lowest BCUT2D eigenvalue weighted by Gasteiger charge is -2.13. The summed E-state index contributed by atoms with van der Waals surface area (Å²) in [6.07, 6.45) is 0.339. The van der Waals surface area contributed by atoms with Gasteiger partial charge in [-0.25, -0.2) is 4.98 Å². The molecule has 3 N–H and O–H groups in total. The average Bonchev–Trinajstić information content (AvgIpc) is 2.68. The molecular formula is C15H19N3OS. The van der Waals surface area contributed by atoms with E-state index in [1.807, 2.05) is 45.0 Å². The summed E-state index contributed by atoms with van der Waals surface area (Å²) in [5, 5.41) is 4.03. The standard InChI is InChI=1S/C15H19N3OS/c1-9-15(20-11(3)17-9)10(2)18-14(19)8-12-5-4-6-13(16)7-12/h4-7,10H,8,16H2,1-3H3,(H,18,19). The number of carbonyl (C=O) groups is 1. The zero-order valence-corrected chi connectivity index (χ0v) is 12.8. The number of anilines is 1. The Labute approximate surface area is 123 Å². The van der Waals surface area contributed by atoms with Crippen LogP contribution in [0.4, 0.5) is 5.69 Å². The molecule has 0 aliphatic carbocycles. The molecule has 1 atom stereocenters. The number of aromatic nitrogens is 1. The molecular weight excluding hydrogens is 270 g/mol. The molecule has 1 aromatic heterocycles. The summed E-state index contributed by atoms with van der Waals surface area (Å²) in [6, 6.07) is 7.38. The van der Waals surface area contributed by atoms with E-state index in [0.717, 1.165) is 21.1 Å². The van der Waals surface area contributed by atoms with Crippen molar-refractivity contribution >= 4 is 22.9 Å². The molecule has 0 spiro atoms. The van der Waals surface area contributed by atoms with E-state index in [1.54, 1.807) is 11.3 Å². The molecule has 2 aromatic rings. The Kier molecular flexibility index (Phi) is 4.39. The molecule has 0 fully saturated rings. The number of nitrogens with two attached hydrogens (primary N) is 1. The summed E-state index contributed by atoms with van der Waals surface area (Å²) >= 11 is 1.63. The zero-order chi connectivity index (χ0) is 14.7. The van der Waals surface area contributed by atoms with Gasteiger partial charge in [0.15, 0.2) is 0 Å². The van der Waals surface area contributed by atoms with Gasteiger partial charge in [0.1, 0.15) is 0 Å². The van der Waals surface area contributed by atoms with Gasteiger partial charge in [-0.3, -0.25) is 4.79 Å². The predicted octanol–water partition coefficient (Wildman–Crippen LogP) is 2.76. The zero-order valence-electron chi connectivity index (χ0n) is 11.9. The first-order valence-corrected chi connectivity index (χ1v) is 7.35. The first kappa shape index (κ1) is 14.5. The molecule has 4 nitrogen and oxygen atoms in total. The lowest BCUT2D eigenvalue weighted by Crippen LogP contribution is -2.28. The highest BCUT2D eigenvalue weighted by Crippen LogP contribution is 2.24. The van der Waals surface area contributed by atoms with Crippen molar-refractivity contribution < 1.29 is 4.79 Å². The van der Waals surface area contributed by atoms with Gasteiger partial charge in [0.05, 0.1) is 23.2 Å². The van der Waals surface area contributed by atoms with E-state index in [-0.39, 0.29) is 11.9 Å². The smallest absolute Gasteiger partial charge is 0.224 e. The van der Waals surface area contributed by atoms with Crippen molar-refractivity contribution in [3.05, 3.63) is 45.4 Å². The summed E-state index contributed by atoms with van der Waals surface area (Å²) in [5.41, 5.74) is 8.30. The quantitative estimate of drug-likeness (QED) is 0.850. The maximum Gasteiger partial charge on any atom is 0.224 e. The minimum absolute atomic E-state index is 0.00597. The Morgan fingerprint density at radius 2 is 2.20 bits per heavy atom. The molecule has 1 amide bonds. The molecule has 2 rings (SSSR count). The van der Waals surface area contributed by atoms with E-state index in [2.05, 4.69) is 10.3 Å². The maximum atomic E-state index is 12.1. The number of benzene rings is 1. The normalized spacial score (nSPS) is 12.2. The highest BCUT2D eigenvalue weighted by Gasteiger charge is 2.15. The fourth-order valence-corrected chi connectivity index (χ4v) is 3.13. The largest absolute Gasteiger partial charge is 0.399 e. The summed E-state index contributed by atoms with van der Waals surface area (Å²) in [5.74, 6) is -0.00597. The lowest BCUT2D eigenvalue weighted by molar-refractivity contribution is -0.121. The minimum Gasteiger partial charge on any atom is -0.399 e. The molecule has 1 aromatic carbocycles. The maximum absolute atomic E-state index is 12.1. The van der Waals surface area contributed by atoms with E-state index >= 15 is 0 Å². The van der Waals surface area contributed by atoms with Crippen molar-refractivity contribution in [1.29, 1.82) is 0 Å². The molecule has 20 heavy (non-hydrogen) atoms. The Morgan fingerprint density at radius 1 is 1.45 bits per heavy atom. The third-order valence-electron chi connectivity index (χ3n) is 3.03. The Balaban J connectivity index is 1.99. The van der Waals surface area contributed by atoms with Gasteiger partial charge >= 0.3 is 0 Å². The van der Waals surface area contributed by atoms with Gasteiger partial charge in [0.2, 0.25) is 5.91 Å². The number of carbonyl (C=O) groups excluding carboxylic acids is 1. The van der Waals surface area contributed by atoms with Crippen molar-refractivity contribution in [1.82, 2.24) is 10.3 Å². The molecule has 1 heterocycles. The SMILES string of the molecule is Cc1nc(C)c(C(C)NC(=O)Cc2cccc(N)c2)s1. The van der Waals surface area contributed by atoms with E-state index in [9.17, 15) is 4.79 Å². The molecule has 0 bridgehead atoms. The first-order chi connectivity index (χ1) is 9.45. The van der Waals surface area contributed by atoms with Gasteiger partial charge in [-0.2, -0.15) is 0 Å². The number of aryl methyl sites for hydroxylation is 2. The van der Waals surface area contributed by atoms with Gasteiger partial charge in [-0.05, 0) is 38.5 Å². The minimum atomic E-state index is -0.0187. The molecule has 106 valence electrons. The van der Waals surface area contributed by atoms with Crippen LogP contribution in [0.5, 0.6) is 0 Å². The van der Waals surface area contributed by atoms with Gasteiger partial charge in [-0.15, -0.1) is 11.3 Å².